The molecule has 2 heterocycles. The molecule has 0 aliphatic carbocycles. The number of rotatable bonds is 6. The summed E-state index contributed by atoms with van der Waals surface area (Å²) in [5.41, 5.74) is 0. The van der Waals surface area contributed by atoms with Gasteiger partial charge in [0, 0.05) is 38.2 Å². The summed E-state index contributed by atoms with van der Waals surface area (Å²) < 4.78 is 1.95. The molecule has 0 saturated carbocycles. The maximum atomic E-state index is 12.1. The lowest BCUT2D eigenvalue weighted by Crippen LogP contribution is -2.58. The van der Waals surface area contributed by atoms with Gasteiger partial charge in [0.25, 0.3) is 0 Å². The summed E-state index contributed by atoms with van der Waals surface area (Å²) in [4.78, 5) is 33.4. The Hall–Kier alpha value is -2.09. The summed E-state index contributed by atoms with van der Waals surface area (Å²) in [6, 6.07) is 0. The Balaban J connectivity index is 1.85. The third-order valence-corrected chi connectivity index (χ3v) is 3.45. The Labute approximate surface area is 128 Å². The predicted octanol–water partition coefficient (Wildman–Crippen LogP) is 0.223. The number of aryl methyl sites for hydroxylation is 1. The summed E-state index contributed by atoms with van der Waals surface area (Å²) in [6.07, 6.45) is 7.56. The van der Waals surface area contributed by atoms with E-state index in [2.05, 4.69) is 15.3 Å². The van der Waals surface area contributed by atoms with Crippen molar-refractivity contribution in [1.82, 2.24) is 19.8 Å². The molecule has 1 aliphatic heterocycles. The number of aromatic nitrogens is 2. The van der Waals surface area contributed by atoms with Crippen molar-refractivity contribution >= 4 is 35.4 Å². The number of carbonyl (C=O) groups excluding carboxylic acids is 2. The zero-order chi connectivity index (χ0) is 15.2. The fraction of sp³-hybridized carbons (Fsp3) is 0.462. The SMILES string of the molecule is CCN1C(=O)[C@@H](C=NCCCn2ccnc2)C(=O)NC1=S. The van der Waals surface area contributed by atoms with Gasteiger partial charge in [-0.2, -0.15) is 0 Å². The predicted molar refractivity (Wildman–Crippen MR) is 81.8 cm³/mol. The second-order valence-electron chi connectivity index (χ2n) is 4.56. The van der Waals surface area contributed by atoms with Crippen LogP contribution >= 0.6 is 12.2 Å². The molecule has 1 saturated heterocycles. The molecule has 8 heteroatoms. The minimum atomic E-state index is -0.884. The molecule has 1 fully saturated rings. The number of thiocarbonyl (C=S) groups is 1. The standard InChI is InChI=1S/C13H17N5O2S/c1-2-18-12(20)10(11(19)16-13(18)21)8-14-4-3-6-17-7-5-15-9-17/h5,7-10H,2-4,6H2,1H3,(H,16,19,21)/t10-/m0/s1. The minimum absolute atomic E-state index is 0.164. The highest BCUT2D eigenvalue weighted by atomic mass is 32.1. The summed E-state index contributed by atoms with van der Waals surface area (Å²) in [7, 11) is 0. The van der Waals surface area contributed by atoms with Gasteiger partial charge >= 0.3 is 0 Å². The number of hydrogen-bond acceptors (Lipinski definition) is 5. The van der Waals surface area contributed by atoms with Crippen molar-refractivity contribution in [2.24, 2.45) is 10.9 Å². The zero-order valence-electron chi connectivity index (χ0n) is 11.7. The highest BCUT2D eigenvalue weighted by Crippen LogP contribution is 2.08. The molecular weight excluding hydrogens is 290 g/mol. The van der Waals surface area contributed by atoms with E-state index >= 15 is 0 Å². The van der Waals surface area contributed by atoms with Gasteiger partial charge in [0.1, 0.15) is 0 Å². The second kappa shape index (κ2) is 7.07. The summed E-state index contributed by atoms with van der Waals surface area (Å²) in [5.74, 6) is -1.61. The molecule has 0 bridgehead atoms. The molecule has 1 atom stereocenters. The topological polar surface area (TPSA) is 79.6 Å². The molecule has 0 aromatic carbocycles. The lowest BCUT2D eigenvalue weighted by molar-refractivity contribution is -0.137. The van der Waals surface area contributed by atoms with Crippen LogP contribution in [0.25, 0.3) is 0 Å². The van der Waals surface area contributed by atoms with Gasteiger partial charge in [-0.1, -0.05) is 0 Å². The smallest absolute Gasteiger partial charge is 0.246 e. The Kier molecular flexibility index (Phi) is 5.15. The fourth-order valence-corrected chi connectivity index (χ4v) is 2.32. The number of hydrogen-bond donors (Lipinski definition) is 1. The highest BCUT2D eigenvalue weighted by molar-refractivity contribution is 7.80. The van der Waals surface area contributed by atoms with Crippen molar-refractivity contribution in [3.05, 3.63) is 18.7 Å². The molecule has 0 spiro atoms. The molecule has 2 rings (SSSR count). The van der Waals surface area contributed by atoms with Gasteiger partial charge in [0.15, 0.2) is 11.0 Å². The first kappa shape index (κ1) is 15.3. The van der Waals surface area contributed by atoms with Crippen LogP contribution in [-0.4, -0.2) is 50.7 Å². The molecule has 1 aromatic rings. The third kappa shape index (κ3) is 3.72. The summed E-state index contributed by atoms with van der Waals surface area (Å²) >= 11 is 4.95. The van der Waals surface area contributed by atoms with Gasteiger partial charge in [0.2, 0.25) is 11.8 Å². The third-order valence-electron chi connectivity index (χ3n) is 3.12. The molecule has 7 nitrogen and oxygen atoms in total. The molecule has 1 N–H and O–H groups in total. The average molecular weight is 307 g/mol. The van der Waals surface area contributed by atoms with Crippen molar-refractivity contribution < 1.29 is 9.59 Å². The van der Waals surface area contributed by atoms with E-state index in [9.17, 15) is 9.59 Å². The van der Waals surface area contributed by atoms with Gasteiger partial charge in [-0.05, 0) is 25.6 Å². The second-order valence-corrected chi connectivity index (χ2v) is 4.95. The van der Waals surface area contributed by atoms with Gasteiger partial charge < -0.3 is 9.88 Å². The fourth-order valence-electron chi connectivity index (χ4n) is 2.01. The van der Waals surface area contributed by atoms with Crippen LogP contribution in [0.5, 0.6) is 0 Å². The van der Waals surface area contributed by atoms with Crippen molar-refractivity contribution in [2.75, 3.05) is 13.1 Å². The number of amides is 2. The van der Waals surface area contributed by atoms with E-state index in [0.29, 0.717) is 13.1 Å². The van der Waals surface area contributed by atoms with E-state index in [1.165, 1.54) is 11.1 Å². The Morgan fingerprint density at radius 2 is 2.33 bits per heavy atom. The number of carbonyl (C=O) groups is 2. The van der Waals surface area contributed by atoms with Gasteiger partial charge in [-0.25, -0.2) is 4.98 Å². The van der Waals surface area contributed by atoms with E-state index in [0.717, 1.165) is 13.0 Å². The Bertz CT molecular complexity index is 555. The Morgan fingerprint density at radius 1 is 1.52 bits per heavy atom. The normalized spacial score (nSPS) is 19.4. The molecule has 112 valence electrons. The van der Waals surface area contributed by atoms with Crippen LogP contribution in [-0.2, 0) is 16.1 Å². The van der Waals surface area contributed by atoms with Gasteiger partial charge in [-0.3, -0.25) is 19.5 Å². The lowest BCUT2D eigenvalue weighted by atomic mass is 10.1. The van der Waals surface area contributed by atoms with Crippen molar-refractivity contribution in [3.8, 4) is 0 Å². The van der Waals surface area contributed by atoms with E-state index in [-0.39, 0.29) is 11.0 Å². The Morgan fingerprint density at radius 3 is 3.00 bits per heavy atom. The van der Waals surface area contributed by atoms with Crippen LogP contribution in [0.3, 0.4) is 0 Å². The largest absolute Gasteiger partial charge is 0.337 e. The molecule has 1 aliphatic rings. The summed E-state index contributed by atoms with van der Waals surface area (Å²) in [5, 5.41) is 2.68. The maximum Gasteiger partial charge on any atom is 0.246 e. The van der Waals surface area contributed by atoms with Crippen LogP contribution in [0, 0.1) is 5.92 Å². The van der Waals surface area contributed by atoms with Gasteiger partial charge in [-0.15, -0.1) is 0 Å². The highest BCUT2D eigenvalue weighted by Gasteiger charge is 2.36. The van der Waals surface area contributed by atoms with Gasteiger partial charge in [0.05, 0.1) is 6.33 Å². The van der Waals surface area contributed by atoms with Crippen LogP contribution in [0.1, 0.15) is 13.3 Å². The van der Waals surface area contributed by atoms with E-state index in [1.807, 2.05) is 10.8 Å². The first-order chi connectivity index (χ1) is 10.1. The molecular formula is C13H17N5O2S. The van der Waals surface area contributed by atoms with E-state index in [4.69, 9.17) is 12.2 Å². The van der Waals surface area contributed by atoms with Crippen LogP contribution in [0.15, 0.2) is 23.7 Å². The first-order valence-corrected chi connectivity index (χ1v) is 7.16. The molecule has 21 heavy (non-hydrogen) atoms. The van der Waals surface area contributed by atoms with Crippen LogP contribution in [0.2, 0.25) is 0 Å². The van der Waals surface area contributed by atoms with Crippen LogP contribution < -0.4 is 5.32 Å². The number of nitrogens with zero attached hydrogens (tertiary/aromatic N) is 4. The molecule has 1 aromatic heterocycles. The minimum Gasteiger partial charge on any atom is -0.337 e. The zero-order valence-corrected chi connectivity index (χ0v) is 12.5. The van der Waals surface area contributed by atoms with Crippen molar-refractivity contribution in [3.63, 3.8) is 0 Å². The van der Waals surface area contributed by atoms with E-state index < -0.39 is 11.8 Å². The lowest BCUT2D eigenvalue weighted by Gasteiger charge is -2.29. The first-order valence-electron chi connectivity index (χ1n) is 6.75. The average Bonchev–Trinajstić information content (AvgIpc) is 2.95. The quantitative estimate of drug-likeness (QED) is 0.353. The van der Waals surface area contributed by atoms with E-state index in [1.54, 1.807) is 19.4 Å². The summed E-state index contributed by atoms with van der Waals surface area (Å²) in [6.45, 7) is 3.59. The number of nitrogens with one attached hydrogen (secondary N) is 1. The van der Waals surface area contributed by atoms with Crippen LogP contribution in [0.4, 0.5) is 0 Å². The van der Waals surface area contributed by atoms with Crippen molar-refractivity contribution in [1.29, 1.82) is 0 Å². The monoisotopic (exact) mass is 307 g/mol. The molecule has 0 radical (unpaired) electrons. The molecule has 0 unspecified atom stereocenters. The van der Waals surface area contributed by atoms with Crippen molar-refractivity contribution in [2.45, 2.75) is 19.9 Å². The maximum absolute atomic E-state index is 12.1. The molecule has 2 amide bonds. The number of imidazole rings is 1. The number of aliphatic imine (C=N–C) groups is 1.